The van der Waals surface area contributed by atoms with Crippen LogP contribution in [0.2, 0.25) is 0 Å². The zero-order chi connectivity index (χ0) is 15.8. The first-order chi connectivity index (χ1) is 10.2. The minimum Gasteiger partial charge on any atom is -0.379 e. The average Bonchev–Trinajstić information content (AvgIpc) is 2.48. The van der Waals surface area contributed by atoms with Gasteiger partial charge in [0.2, 0.25) is 11.8 Å². The molecule has 2 N–H and O–H groups in total. The summed E-state index contributed by atoms with van der Waals surface area (Å²) in [5.74, 6) is 0.129. The van der Waals surface area contributed by atoms with Crippen molar-refractivity contribution in [3.05, 3.63) is 0 Å². The molecule has 0 spiro atoms. The Morgan fingerprint density at radius 1 is 0.857 bits per heavy atom. The number of hydrogen-bond acceptors (Lipinski definition) is 4. The number of hydrogen-bond donors (Lipinski definition) is 2. The van der Waals surface area contributed by atoms with E-state index in [9.17, 15) is 9.59 Å². The van der Waals surface area contributed by atoms with E-state index in [4.69, 9.17) is 9.47 Å². The molecule has 0 atom stereocenters. The van der Waals surface area contributed by atoms with Crippen LogP contribution in [0.15, 0.2) is 0 Å². The molecule has 0 fully saturated rings. The van der Waals surface area contributed by atoms with E-state index in [2.05, 4.69) is 10.6 Å². The summed E-state index contributed by atoms with van der Waals surface area (Å²) in [7, 11) is 1.61. The topological polar surface area (TPSA) is 76.7 Å². The van der Waals surface area contributed by atoms with Crippen LogP contribution in [0.1, 0.15) is 45.4 Å². The largest absolute Gasteiger partial charge is 0.379 e. The molecule has 0 radical (unpaired) electrons. The molecule has 21 heavy (non-hydrogen) atoms. The maximum atomic E-state index is 11.2. The molecule has 0 aromatic heterocycles. The van der Waals surface area contributed by atoms with E-state index in [0.717, 1.165) is 32.2 Å². The van der Waals surface area contributed by atoms with Crippen LogP contribution >= 0.6 is 0 Å². The molecule has 6 nitrogen and oxygen atoms in total. The van der Waals surface area contributed by atoms with Crippen LogP contribution in [0.3, 0.4) is 0 Å². The van der Waals surface area contributed by atoms with Crippen molar-refractivity contribution in [2.24, 2.45) is 0 Å². The molecule has 0 saturated heterocycles. The van der Waals surface area contributed by atoms with Gasteiger partial charge in [-0.25, -0.2) is 0 Å². The van der Waals surface area contributed by atoms with Crippen LogP contribution in [0.25, 0.3) is 0 Å². The zero-order valence-electron chi connectivity index (χ0n) is 13.4. The monoisotopic (exact) mass is 302 g/mol. The fraction of sp³-hybridized carbons (Fsp3) is 0.867. The summed E-state index contributed by atoms with van der Waals surface area (Å²) >= 11 is 0. The van der Waals surface area contributed by atoms with Gasteiger partial charge in [-0.2, -0.15) is 0 Å². The molecule has 0 aliphatic rings. The Kier molecular flexibility index (Phi) is 14.4. The summed E-state index contributed by atoms with van der Waals surface area (Å²) in [6.07, 6.45) is 4.92. The number of carbonyl (C=O) groups is 2. The lowest BCUT2D eigenvalue weighted by Crippen LogP contribution is -2.23. The average molecular weight is 302 g/mol. The van der Waals surface area contributed by atoms with Crippen molar-refractivity contribution in [1.82, 2.24) is 10.6 Å². The molecule has 124 valence electrons. The summed E-state index contributed by atoms with van der Waals surface area (Å²) in [4.78, 5) is 22.1. The molecule has 0 aliphatic heterocycles. The lowest BCUT2D eigenvalue weighted by molar-refractivity contribution is -0.122. The number of unbranched alkanes of at least 4 members (excludes halogenated alkanes) is 2. The van der Waals surface area contributed by atoms with Crippen molar-refractivity contribution in [2.75, 3.05) is 40.0 Å². The standard InChI is InChI=1S/C15H30N2O4/c1-3-7-15(19)17-9-5-4-6-10-20-12-13-21-11-8-14(18)16-2/h3-13H2,1-2H3,(H,16,18)(H,17,19). The van der Waals surface area contributed by atoms with E-state index in [1.807, 2.05) is 6.92 Å². The highest BCUT2D eigenvalue weighted by Gasteiger charge is 1.98. The smallest absolute Gasteiger partial charge is 0.222 e. The number of nitrogens with one attached hydrogen (secondary N) is 2. The minimum absolute atomic E-state index is 0.0121. The van der Waals surface area contributed by atoms with Crippen LogP contribution in [0.4, 0.5) is 0 Å². The molecule has 0 bridgehead atoms. The first kappa shape index (κ1) is 19.9. The molecule has 0 aliphatic carbocycles. The minimum atomic E-state index is -0.0121. The highest BCUT2D eigenvalue weighted by molar-refractivity contribution is 5.75. The molecule has 2 amide bonds. The second kappa shape index (κ2) is 15.3. The number of rotatable bonds is 14. The Morgan fingerprint density at radius 2 is 1.57 bits per heavy atom. The van der Waals surface area contributed by atoms with Gasteiger partial charge in [0.25, 0.3) is 0 Å². The molecule has 0 saturated carbocycles. The van der Waals surface area contributed by atoms with Gasteiger partial charge in [0, 0.05) is 33.0 Å². The predicted octanol–water partition coefficient (Wildman–Crippen LogP) is 1.24. The van der Waals surface area contributed by atoms with Gasteiger partial charge in [0.1, 0.15) is 0 Å². The highest BCUT2D eigenvalue weighted by atomic mass is 16.5. The summed E-state index contributed by atoms with van der Waals surface area (Å²) < 4.78 is 10.7. The lowest BCUT2D eigenvalue weighted by Gasteiger charge is -2.06. The fourth-order valence-electron chi connectivity index (χ4n) is 1.66. The lowest BCUT2D eigenvalue weighted by atomic mass is 10.2. The van der Waals surface area contributed by atoms with Gasteiger partial charge in [-0.05, 0) is 25.7 Å². The molecule has 0 rings (SSSR count). The van der Waals surface area contributed by atoms with Gasteiger partial charge in [0.15, 0.2) is 0 Å². The van der Waals surface area contributed by atoms with Gasteiger partial charge < -0.3 is 20.1 Å². The normalized spacial score (nSPS) is 10.4. The van der Waals surface area contributed by atoms with E-state index >= 15 is 0 Å². The van der Waals surface area contributed by atoms with Gasteiger partial charge >= 0.3 is 0 Å². The quantitative estimate of drug-likeness (QED) is 0.473. The van der Waals surface area contributed by atoms with Gasteiger partial charge in [-0.1, -0.05) is 6.92 Å². The summed E-state index contributed by atoms with van der Waals surface area (Å²) in [5.41, 5.74) is 0. The third kappa shape index (κ3) is 15.1. The third-order valence-electron chi connectivity index (χ3n) is 2.89. The molecule has 6 heteroatoms. The second-order valence-electron chi connectivity index (χ2n) is 4.81. The Bertz CT molecular complexity index is 272. The summed E-state index contributed by atoms with van der Waals surface area (Å²) in [6, 6.07) is 0. The SMILES string of the molecule is CCCC(=O)NCCCCCOCCOCCC(=O)NC. The number of carbonyl (C=O) groups excluding carboxylic acids is 2. The third-order valence-corrected chi connectivity index (χ3v) is 2.89. The van der Waals surface area contributed by atoms with Crippen molar-refractivity contribution < 1.29 is 19.1 Å². The fourth-order valence-corrected chi connectivity index (χ4v) is 1.66. The zero-order valence-corrected chi connectivity index (χ0v) is 13.4. The van der Waals surface area contributed by atoms with Crippen molar-refractivity contribution in [3.63, 3.8) is 0 Å². The molecular formula is C15H30N2O4. The van der Waals surface area contributed by atoms with E-state index in [1.165, 1.54) is 0 Å². The van der Waals surface area contributed by atoms with Crippen LogP contribution in [-0.4, -0.2) is 51.8 Å². The molecule has 0 aromatic carbocycles. The Labute approximate surface area is 127 Å². The highest BCUT2D eigenvalue weighted by Crippen LogP contribution is 1.95. The first-order valence-corrected chi connectivity index (χ1v) is 7.83. The van der Waals surface area contributed by atoms with Crippen molar-refractivity contribution in [2.45, 2.75) is 45.4 Å². The van der Waals surface area contributed by atoms with Crippen molar-refractivity contribution in [1.29, 1.82) is 0 Å². The second-order valence-corrected chi connectivity index (χ2v) is 4.81. The van der Waals surface area contributed by atoms with Gasteiger partial charge in [-0.15, -0.1) is 0 Å². The molecule has 0 aromatic rings. The van der Waals surface area contributed by atoms with E-state index in [1.54, 1.807) is 7.05 Å². The Morgan fingerprint density at radius 3 is 2.24 bits per heavy atom. The molecule has 0 unspecified atom stereocenters. The number of amides is 2. The van der Waals surface area contributed by atoms with Crippen molar-refractivity contribution in [3.8, 4) is 0 Å². The first-order valence-electron chi connectivity index (χ1n) is 7.83. The summed E-state index contributed by atoms with van der Waals surface area (Å²) in [5, 5.41) is 5.43. The maximum absolute atomic E-state index is 11.2. The van der Waals surface area contributed by atoms with Gasteiger partial charge in [0.05, 0.1) is 19.8 Å². The van der Waals surface area contributed by atoms with Crippen LogP contribution in [0.5, 0.6) is 0 Å². The van der Waals surface area contributed by atoms with Gasteiger partial charge in [-0.3, -0.25) is 9.59 Å². The van der Waals surface area contributed by atoms with Crippen molar-refractivity contribution >= 4 is 11.8 Å². The Hall–Kier alpha value is -1.14. The van der Waals surface area contributed by atoms with Crippen LogP contribution < -0.4 is 10.6 Å². The number of ether oxygens (including phenoxy) is 2. The maximum Gasteiger partial charge on any atom is 0.222 e. The predicted molar refractivity (Wildman–Crippen MR) is 82.1 cm³/mol. The Balaban J connectivity index is 3.09. The van der Waals surface area contributed by atoms with E-state index in [-0.39, 0.29) is 11.8 Å². The molecular weight excluding hydrogens is 272 g/mol. The van der Waals surface area contributed by atoms with E-state index in [0.29, 0.717) is 39.3 Å². The van der Waals surface area contributed by atoms with Crippen LogP contribution in [-0.2, 0) is 19.1 Å². The summed E-state index contributed by atoms with van der Waals surface area (Å²) in [6.45, 7) is 4.97. The van der Waals surface area contributed by atoms with Crippen LogP contribution in [0, 0.1) is 0 Å². The molecule has 0 heterocycles. The van der Waals surface area contributed by atoms with E-state index < -0.39 is 0 Å².